The Morgan fingerprint density at radius 2 is 1.45 bits per heavy atom. The van der Waals surface area contributed by atoms with Crippen molar-refractivity contribution < 1.29 is 4.79 Å². The van der Waals surface area contributed by atoms with Crippen LogP contribution >= 0.6 is 0 Å². The average Bonchev–Trinajstić information content (AvgIpc) is 3.26. The van der Waals surface area contributed by atoms with E-state index in [1.807, 2.05) is 71.6 Å². The summed E-state index contributed by atoms with van der Waals surface area (Å²) in [6.07, 6.45) is 3.84. The Kier molecular flexibility index (Phi) is 6.44. The lowest BCUT2D eigenvalue weighted by molar-refractivity contribution is 0.0759. The lowest BCUT2D eigenvalue weighted by Gasteiger charge is -2.22. The van der Waals surface area contributed by atoms with Crippen LogP contribution in [0.2, 0.25) is 0 Å². The summed E-state index contributed by atoms with van der Waals surface area (Å²) < 4.78 is 2.19. The highest BCUT2D eigenvalue weighted by molar-refractivity contribution is 5.94. The van der Waals surface area contributed by atoms with Crippen LogP contribution in [0.25, 0.3) is 11.1 Å². The maximum Gasteiger partial charge on any atom is 0.254 e. The molecule has 3 nitrogen and oxygen atoms in total. The Morgan fingerprint density at radius 1 is 0.806 bits per heavy atom. The molecule has 0 saturated carbocycles. The van der Waals surface area contributed by atoms with Gasteiger partial charge in [0.1, 0.15) is 0 Å². The fourth-order valence-electron chi connectivity index (χ4n) is 3.72. The van der Waals surface area contributed by atoms with E-state index in [2.05, 4.69) is 47.7 Å². The third kappa shape index (κ3) is 5.01. The number of benzene rings is 3. The molecule has 3 aromatic carbocycles. The topological polar surface area (TPSA) is 25.2 Å². The lowest BCUT2D eigenvalue weighted by Crippen LogP contribution is -2.31. The molecular formula is C28H26N2O. The number of carbonyl (C=O) groups is 1. The lowest BCUT2D eigenvalue weighted by atomic mass is 10.0. The molecule has 154 valence electrons. The molecule has 1 heterocycles. The van der Waals surface area contributed by atoms with Crippen molar-refractivity contribution >= 4 is 5.91 Å². The maximum atomic E-state index is 13.2. The van der Waals surface area contributed by atoms with Gasteiger partial charge in [0.15, 0.2) is 0 Å². The van der Waals surface area contributed by atoms with Gasteiger partial charge < -0.3 is 9.47 Å². The number of nitrogens with zero attached hydrogens (tertiary/aromatic N) is 2. The minimum atomic E-state index is 0.00646. The second kappa shape index (κ2) is 9.77. The van der Waals surface area contributed by atoms with Crippen LogP contribution < -0.4 is 0 Å². The van der Waals surface area contributed by atoms with Crippen LogP contribution in [0.15, 0.2) is 116 Å². The van der Waals surface area contributed by atoms with Gasteiger partial charge in [0.25, 0.3) is 5.91 Å². The Hall–Kier alpha value is -3.85. The third-order valence-corrected chi connectivity index (χ3v) is 5.35. The van der Waals surface area contributed by atoms with Gasteiger partial charge in [0, 0.05) is 30.5 Å². The number of aromatic nitrogens is 1. The Balaban J connectivity index is 1.51. The SMILES string of the molecule is C=CCN(Cc1cccn1Cc1ccccc1)C(=O)c1ccc(-c2ccccc2)cc1. The molecule has 0 unspecified atom stereocenters. The number of hydrogen-bond acceptors (Lipinski definition) is 1. The average molecular weight is 407 g/mol. The molecule has 4 aromatic rings. The summed E-state index contributed by atoms with van der Waals surface area (Å²) in [6, 6.07) is 32.5. The molecule has 4 rings (SSSR count). The van der Waals surface area contributed by atoms with Crippen molar-refractivity contribution in [3.8, 4) is 11.1 Å². The van der Waals surface area contributed by atoms with Gasteiger partial charge in [-0.3, -0.25) is 4.79 Å². The second-order valence-corrected chi connectivity index (χ2v) is 7.53. The molecule has 0 aliphatic carbocycles. The number of carbonyl (C=O) groups excluding carboxylic acids is 1. The minimum Gasteiger partial charge on any atom is -0.345 e. The maximum absolute atomic E-state index is 13.2. The zero-order valence-corrected chi connectivity index (χ0v) is 17.5. The van der Waals surface area contributed by atoms with Crippen LogP contribution in [0.4, 0.5) is 0 Å². The van der Waals surface area contributed by atoms with Gasteiger partial charge in [-0.25, -0.2) is 0 Å². The predicted octanol–water partition coefficient (Wildman–Crippen LogP) is 6.03. The van der Waals surface area contributed by atoms with E-state index < -0.39 is 0 Å². The van der Waals surface area contributed by atoms with Crippen LogP contribution in [0.3, 0.4) is 0 Å². The first-order valence-electron chi connectivity index (χ1n) is 10.5. The van der Waals surface area contributed by atoms with Gasteiger partial charge in [-0.15, -0.1) is 6.58 Å². The van der Waals surface area contributed by atoms with Crippen molar-refractivity contribution in [1.29, 1.82) is 0 Å². The Bertz CT molecular complexity index is 1130. The molecule has 0 aliphatic heterocycles. The molecule has 0 fully saturated rings. The van der Waals surface area contributed by atoms with E-state index in [0.29, 0.717) is 18.7 Å². The third-order valence-electron chi connectivity index (χ3n) is 5.35. The molecule has 0 aliphatic rings. The van der Waals surface area contributed by atoms with E-state index in [1.165, 1.54) is 5.56 Å². The molecule has 1 aromatic heterocycles. The van der Waals surface area contributed by atoms with Gasteiger partial charge >= 0.3 is 0 Å². The Labute approximate surface area is 183 Å². The van der Waals surface area contributed by atoms with Crippen LogP contribution in [0, 0.1) is 0 Å². The first kappa shape index (κ1) is 20.4. The molecule has 1 amide bonds. The summed E-state index contributed by atoms with van der Waals surface area (Å²) in [6.45, 7) is 5.66. The van der Waals surface area contributed by atoms with Crippen LogP contribution in [-0.4, -0.2) is 21.9 Å². The standard InChI is InChI=1S/C28H26N2O/c1-2-19-30(22-27-14-9-20-29(27)21-23-10-5-3-6-11-23)28(31)26-17-15-25(16-18-26)24-12-7-4-8-13-24/h2-18,20H,1,19,21-22H2. The summed E-state index contributed by atoms with van der Waals surface area (Å²) in [5, 5.41) is 0. The van der Waals surface area contributed by atoms with Gasteiger partial charge in [-0.1, -0.05) is 78.9 Å². The highest BCUT2D eigenvalue weighted by atomic mass is 16.2. The first-order valence-corrected chi connectivity index (χ1v) is 10.5. The highest BCUT2D eigenvalue weighted by Gasteiger charge is 2.17. The van der Waals surface area contributed by atoms with E-state index in [9.17, 15) is 4.79 Å². The highest BCUT2D eigenvalue weighted by Crippen LogP contribution is 2.20. The smallest absolute Gasteiger partial charge is 0.254 e. The zero-order chi connectivity index (χ0) is 21.5. The predicted molar refractivity (Wildman–Crippen MR) is 127 cm³/mol. The fraction of sp³-hybridized carbons (Fsp3) is 0.107. The van der Waals surface area contributed by atoms with E-state index in [1.54, 1.807) is 6.08 Å². The molecule has 0 radical (unpaired) electrons. The first-order chi connectivity index (χ1) is 15.2. The van der Waals surface area contributed by atoms with Crippen molar-refractivity contribution in [2.75, 3.05) is 6.54 Å². The minimum absolute atomic E-state index is 0.00646. The van der Waals surface area contributed by atoms with Crippen molar-refractivity contribution in [1.82, 2.24) is 9.47 Å². The summed E-state index contributed by atoms with van der Waals surface area (Å²) in [7, 11) is 0. The summed E-state index contributed by atoms with van der Waals surface area (Å²) in [5.41, 5.74) is 5.26. The largest absolute Gasteiger partial charge is 0.345 e. The quantitative estimate of drug-likeness (QED) is 0.328. The normalized spacial score (nSPS) is 10.6. The second-order valence-electron chi connectivity index (χ2n) is 7.53. The van der Waals surface area contributed by atoms with Crippen molar-refractivity contribution in [3.63, 3.8) is 0 Å². The van der Waals surface area contributed by atoms with Crippen LogP contribution in [0.5, 0.6) is 0 Å². The molecule has 0 spiro atoms. The van der Waals surface area contributed by atoms with E-state index in [-0.39, 0.29) is 5.91 Å². The fourth-order valence-corrected chi connectivity index (χ4v) is 3.72. The number of rotatable bonds is 8. The molecular weight excluding hydrogens is 380 g/mol. The molecule has 0 bridgehead atoms. The number of hydrogen-bond donors (Lipinski definition) is 0. The molecule has 0 N–H and O–H groups in total. The molecule has 0 saturated heterocycles. The molecule has 3 heteroatoms. The van der Waals surface area contributed by atoms with Gasteiger partial charge in [-0.05, 0) is 41.0 Å². The Morgan fingerprint density at radius 3 is 2.13 bits per heavy atom. The van der Waals surface area contributed by atoms with Crippen LogP contribution in [0.1, 0.15) is 21.6 Å². The van der Waals surface area contributed by atoms with Crippen molar-refractivity contribution in [3.05, 3.63) is 133 Å². The van der Waals surface area contributed by atoms with E-state index in [4.69, 9.17) is 0 Å². The van der Waals surface area contributed by atoms with E-state index in [0.717, 1.165) is 23.4 Å². The van der Waals surface area contributed by atoms with Crippen LogP contribution in [-0.2, 0) is 13.1 Å². The van der Waals surface area contributed by atoms with E-state index >= 15 is 0 Å². The zero-order valence-electron chi connectivity index (χ0n) is 17.5. The van der Waals surface area contributed by atoms with Gasteiger partial charge in [-0.2, -0.15) is 0 Å². The number of amides is 1. The summed E-state index contributed by atoms with van der Waals surface area (Å²) in [5.74, 6) is 0.00646. The summed E-state index contributed by atoms with van der Waals surface area (Å²) in [4.78, 5) is 15.1. The summed E-state index contributed by atoms with van der Waals surface area (Å²) >= 11 is 0. The van der Waals surface area contributed by atoms with Gasteiger partial charge in [0.05, 0.1) is 6.54 Å². The monoisotopic (exact) mass is 406 g/mol. The van der Waals surface area contributed by atoms with Crippen molar-refractivity contribution in [2.24, 2.45) is 0 Å². The molecule has 0 atom stereocenters. The van der Waals surface area contributed by atoms with Gasteiger partial charge in [0.2, 0.25) is 0 Å². The van der Waals surface area contributed by atoms with Crippen molar-refractivity contribution in [2.45, 2.75) is 13.1 Å². The molecule has 31 heavy (non-hydrogen) atoms.